The smallest absolute Gasteiger partial charge is 0.272 e. The van der Waals surface area contributed by atoms with Gasteiger partial charge in [-0.3, -0.25) is 4.79 Å². The summed E-state index contributed by atoms with van der Waals surface area (Å²) in [5, 5.41) is 10.6. The van der Waals surface area contributed by atoms with Gasteiger partial charge in [-0.05, 0) is 37.6 Å². The lowest BCUT2D eigenvalue weighted by Gasteiger charge is -2.23. The lowest BCUT2D eigenvalue weighted by molar-refractivity contribution is 0.0925. The minimum atomic E-state index is -0.103. The Morgan fingerprint density at radius 2 is 2.10 bits per heavy atom. The topological polar surface area (TPSA) is 59.0 Å². The third kappa shape index (κ3) is 3.83. The molecule has 1 amide bonds. The first-order valence-electron chi connectivity index (χ1n) is 6.95. The van der Waals surface area contributed by atoms with Gasteiger partial charge in [-0.1, -0.05) is 18.2 Å². The summed E-state index contributed by atoms with van der Waals surface area (Å²) in [6.07, 6.45) is 3.94. The zero-order valence-corrected chi connectivity index (χ0v) is 12.5. The Morgan fingerprint density at radius 1 is 1.29 bits per heavy atom. The van der Waals surface area contributed by atoms with E-state index in [1.54, 1.807) is 10.7 Å². The van der Waals surface area contributed by atoms with E-state index in [2.05, 4.69) is 15.7 Å². The van der Waals surface area contributed by atoms with E-state index < -0.39 is 0 Å². The van der Waals surface area contributed by atoms with Gasteiger partial charge in [0.25, 0.3) is 5.91 Å². The number of hydrogen-bond acceptors (Lipinski definition) is 3. The molecule has 1 aliphatic heterocycles. The second kappa shape index (κ2) is 7.24. The van der Waals surface area contributed by atoms with Gasteiger partial charge in [-0.15, -0.1) is 12.4 Å². The van der Waals surface area contributed by atoms with Crippen LogP contribution in [0.2, 0.25) is 0 Å². The van der Waals surface area contributed by atoms with Crippen LogP contribution in [0.25, 0.3) is 5.69 Å². The Kier molecular flexibility index (Phi) is 5.36. The SMILES string of the molecule is Cl.O=C(N[C@H]1CCCNC1)c1ccn(-c2ccccc2)n1. The molecule has 21 heavy (non-hydrogen) atoms. The van der Waals surface area contributed by atoms with E-state index in [0.717, 1.165) is 31.6 Å². The van der Waals surface area contributed by atoms with Gasteiger partial charge >= 0.3 is 0 Å². The standard InChI is InChI=1S/C15H18N4O.ClH/c20-15(17-12-5-4-9-16-11-12)14-8-10-19(18-14)13-6-2-1-3-7-13;/h1-3,6-8,10,12,16H,4-5,9,11H2,(H,17,20);1H/t12-;/m0./s1. The van der Waals surface area contributed by atoms with Crippen LogP contribution in [0.3, 0.4) is 0 Å². The summed E-state index contributed by atoms with van der Waals surface area (Å²) in [7, 11) is 0. The van der Waals surface area contributed by atoms with Crippen molar-refractivity contribution in [2.75, 3.05) is 13.1 Å². The molecule has 1 aliphatic rings. The fraction of sp³-hybridized carbons (Fsp3) is 0.333. The number of rotatable bonds is 3. The molecule has 0 spiro atoms. The van der Waals surface area contributed by atoms with Crippen LogP contribution >= 0.6 is 12.4 Å². The maximum atomic E-state index is 12.1. The van der Waals surface area contributed by atoms with Crippen LogP contribution in [0.15, 0.2) is 42.6 Å². The molecule has 2 heterocycles. The fourth-order valence-electron chi connectivity index (χ4n) is 2.40. The zero-order valence-electron chi connectivity index (χ0n) is 11.7. The molecule has 3 rings (SSSR count). The van der Waals surface area contributed by atoms with Crippen LogP contribution in [0.5, 0.6) is 0 Å². The monoisotopic (exact) mass is 306 g/mol. The highest BCUT2D eigenvalue weighted by Crippen LogP contribution is 2.08. The van der Waals surface area contributed by atoms with Crippen molar-refractivity contribution in [1.29, 1.82) is 0 Å². The van der Waals surface area contributed by atoms with Crippen molar-refractivity contribution >= 4 is 18.3 Å². The molecule has 0 radical (unpaired) electrons. The van der Waals surface area contributed by atoms with E-state index in [9.17, 15) is 4.79 Å². The molecule has 0 saturated carbocycles. The van der Waals surface area contributed by atoms with E-state index in [0.29, 0.717) is 5.69 Å². The number of hydrogen-bond donors (Lipinski definition) is 2. The summed E-state index contributed by atoms with van der Waals surface area (Å²) >= 11 is 0. The maximum absolute atomic E-state index is 12.1. The van der Waals surface area contributed by atoms with E-state index >= 15 is 0 Å². The van der Waals surface area contributed by atoms with Gasteiger partial charge in [0.05, 0.1) is 5.69 Å². The van der Waals surface area contributed by atoms with E-state index in [1.807, 2.05) is 36.5 Å². The summed E-state index contributed by atoms with van der Waals surface area (Å²) in [5.74, 6) is -0.103. The second-order valence-corrected chi connectivity index (χ2v) is 5.00. The van der Waals surface area contributed by atoms with Crippen LogP contribution in [-0.4, -0.2) is 34.8 Å². The summed E-state index contributed by atoms with van der Waals surface area (Å²) in [5.41, 5.74) is 1.41. The van der Waals surface area contributed by atoms with Crippen molar-refractivity contribution in [3.63, 3.8) is 0 Å². The average Bonchev–Trinajstić information content (AvgIpc) is 2.99. The van der Waals surface area contributed by atoms with Crippen molar-refractivity contribution in [3.05, 3.63) is 48.3 Å². The van der Waals surface area contributed by atoms with E-state index in [1.165, 1.54) is 0 Å². The molecular formula is C15H19ClN4O. The average molecular weight is 307 g/mol. The van der Waals surface area contributed by atoms with Gasteiger partial charge in [-0.2, -0.15) is 5.10 Å². The molecular weight excluding hydrogens is 288 g/mol. The molecule has 5 nitrogen and oxygen atoms in total. The van der Waals surface area contributed by atoms with Crippen LogP contribution in [0, 0.1) is 0 Å². The van der Waals surface area contributed by atoms with Crippen molar-refractivity contribution in [2.24, 2.45) is 0 Å². The number of para-hydroxylation sites is 1. The van der Waals surface area contributed by atoms with Crippen molar-refractivity contribution in [3.8, 4) is 5.69 Å². The molecule has 2 N–H and O–H groups in total. The number of halogens is 1. The number of nitrogens with zero attached hydrogens (tertiary/aromatic N) is 2. The molecule has 112 valence electrons. The number of carbonyl (C=O) groups is 1. The molecule has 2 aromatic rings. The Morgan fingerprint density at radius 3 is 2.81 bits per heavy atom. The number of nitrogens with one attached hydrogen (secondary N) is 2. The van der Waals surface area contributed by atoms with Crippen molar-refractivity contribution in [2.45, 2.75) is 18.9 Å². The highest BCUT2D eigenvalue weighted by Gasteiger charge is 2.17. The summed E-state index contributed by atoms with van der Waals surface area (Å²) in [6.45, 7) is 1.88. The zero-order chi connectivity index (χ0) is 13.8. The van der Waals surface area contributed by atoms with Crippen LogP contribution in [-0.2, 0) is 0 Å². The van der Waals surface area contributed by atoms with Gasteiger partial charge in [-0.25, -0.2) is 4.68 Å². The largest absolute Gasteiger partial charge is 0.347 e. The number of carbonyl (C=O) groups excluding carboxylic acids is 1. The first kappa shape index (κ1) is 15.5. The first-order valence-corrected chi connectivity index (χ1v) is 6.95. The van der Waals surface area contributed by atoms with Crippen LogP contribution in [0.1, 0.15) is 23.3 Å². The van der Waals surface area contributed by atoms with Gasteiger partial charge < -0.3 is 10.6 Å². The van der Waals surface area contributed by atoms with Crippen molar-refractivity contribution < 1.29 is 4.79 Å². The molecule has 0 aliphatic carbocycles. The van der Waals surface area contributed by atoms with Crippen LogP contribution in [0.4, 0.5) is 0 Å². The molecule has 1 atom stereocenters. The first-order chi connectivity index (χ1) is 9.83. The molecule has 1 saturated heterocycles. The molecule has 0 bridgehead atoms. The molecule has 1 aromatic carbocycles. The molecule has 6 heteroatoms. The molecule has 1 aromatic heterocycles. The Hall–Kier alpha value is -1.85. The number of benzene rings is 1. The van der Waals surface area contributed by atoms with Gasteiger partial charge in [0.2, 0.25) is 0 Å². The minimum absolute atomic E-state index is 0. The van der Waals surface area contributed by atoms with E-state index in [-0.39, 0.29) is 24.4 Å². The fourth-order valence-corrected chi connectivity index (χ4v) is 2.40. The predicted molar refractivity (Wildman–Crippen MR) is 84.2 cm³/mol. The second-order valence-electron chi connectivity index (χ2n) is 5.00. The number of aromatic nitrogens is 2. The minimum Gasteiger partial charge on any atom is -0.347 e. The molecule has 1 fully saturated rings. The normalized spacial score (nSPS) is 17.8. The Labute approximate surface area is 130 Å². The molecule has 0 unspecified atom stereocenters. The van der Waals surface area contributed by atoms with Gasteiger partial charge in [0.1, 0.15) is 0 Å². The van der Waals surface area contributed by atoms with Crippen LogP contribution < -0.4 is 10.6 Å². The highest BCUT2D eigenvalue weighted by atomic mass is 35.5. The number of amides is 1. The predicted octanol–water partition coefficient (Wildman–Crippen LogP) is 1.78. The highest BCUT2D eigenvalue weighted by molar-refractivity contribution is 5.92. The lowest BCUT2D eigenvalue weighted by Crippen LogP contribution is -2.45. The third-order valence-corrected chi connectivity index (χ3v) is 3.47. The van der Waals surface area contributed by atoms with E-state index in [4.69, 9.17) is 0 Å². The van der Waals surface area contributed by atoms with Gasteiger partial charge in [0, 0.05) is 18.8 Å². The number of piperidine rings is 1. The maximum Gasteiger partial charge on any atom is 0.272 e. The summed E-state index contributed by atoms with van der Waals surface area (Å²) in [6, 6.07) is 11.7. The quantitative estimate of drug-likeness (QED) is 0.909. The van der Waals surface area contributed by atoms with Crippen molar-refractivity contribution in [1.82, 2.24) is 20.4 Å². The third-order valence-electron chi connectivity index (χ3n) is 3.47. The van der Waals surface area contributed by atoms with Gasteiger partial charge in [0.15, 0.2) is 5.69 Å². The lowest BCUT2D eigenvalue weighted by atomic mass is 10.1. The summed E-state index contributed by atoms with van der Waals surface area (Å²) < 4.78 is 1.72. The Bertz CT molecular complexity index is 578. The summed E-state index contributed by atoms with van der Waals surface area (Å²) in [4.78, 5) is 12.1. The Balaban J connectivity index is 0.00000161.